The topological polar surface area (TPSA) is 37.4 Å². The summed E-state index contributed by atoms with van der Waals surface area (Å²) in [5, 5.41) is 4.47. The minimum Gasteiger partial charge on any atom is -0.375 e. The molecule has 0 radical (unpaired) electrons. The van der Waals surface area contributed by atoms with Crippen LogP contribution in [0.1, 0.15) is 25.1 Å². The summed E-state index contributed by atoms with van der Waals surface area (Å²) < 4.78 is 5.67. The third-order valence-electron chi connectivity index (χ3n) is 2.96. The molecule has 2 rings (SSSR count). The van der Waals surface area contributed by atoms with Gasteiger partial charge in [-0.2, -0.15) is 0 Å². The van der Waals surface area contributed by atoms with E-state index < -0.39 is 0 Å². The molecule has 1 unspecified atom stereocenters. The van der Waals surface area contributed by atoms with Crippen molar-refractivity contribution in [2.24, 2.45) is 0 Å². The largest absolute Gasteiger partial charge is 0.375 e. The van der Waals surface area contributed by atoms with Gasteiger partial charge < -0.3 is 15.0 Å². The average molecular weight is 255 g/mol. The molecule has 5 heteroatoms. The van der Waals surface area contributed by atoms with Gasteiger partial charge in [-0.05, 0) is 13.0 Å². The molecule has 0 spiro atoms. The van der Waals surface area contributed by atoms with E-state index in [1.165, 1.54) is 4.88 Å². The van der Waals surface area contributed by atoms with Crippen molar-refractivity contribution in [1.29, 1.82) is 0 Å². The first-order valence-corrected chi connectivity index (χ1v) is 7.17. The van der Waals surface area contributed by atoms with Crippen LogP contribution in [0.4, 0.5) is 5.13 Å². The Morgan fingerprint density at radius 3 is 3.24 bits per heavy atom. The van der Waals surface area contributed by atoms with E-state index in [0.717, 1.165) is 44.3 Å². The normalized spacial score (nSPS) is 20.8. The Hall–Kier alpha value is -0.650. The van der Waals surface area contributed by atoms with Crippen LogP contribution in [0, 0.1) is 0 Å². The highest BCUT2D eigenvalue weighted by Crippen LogP contribution is 2.24. The second kappa shape index (κ2) is 6.33. The molecule has 1 aromatic rings. The number of morpholine rings is 1. The highest BCUT2D eigenvalue weighted by atomic mass is 32.1. The number of ether oxygens (including phenoxy) is 1. The van der Waals surface area contributed by atoms with Crippen LogP contribution in [0.15, 0.2) is 6.20 Å². The van der Waals surface area contributed by atoms with Crippen LogP contribution in [-0.4, -0.2) is 37.3 Å². The fraction of sp³-hybridized carbons (Fsp3) is 0.750. The van der Waals surface area contributed by atoms with Gasteiger partial charge in [0, 0.05) is 30.7 Å². The third-order valence-corrected chi connectivity index (χ3v) is 4.01. The lowest BCUT2D eigenvalue weighted by Gasteiger charge is -2.32. The summed E-state index contributed by atoms with van der Waals surface area (Å²) in [7, 11) is 0. The van der Waals surface area contributed by atoms with Gasteiger partial charge in [-0.3, -0.25) is 0 Å². The monoisotopic (exact) mass is 255 g/mol. The van der Waals surface area contributed by atoms with Gasteiger partial charge in [-0.1, -0.05) is 13.8 Å². The molecule has 17 heavy (non-hydrogen) atoms. The Morgan fingerprint density at radius 2 is 2.47 bits per heavy atom. The van der Waals surface area contributed by atoms with Crippen molar-refractivity contribution in [1.82, 2.24) is 10.3 Å². The molecule has 1 fully saturated rings. The van der Waals surface area contributed by atoms with E-state index in [2.05, 4.69) is 29.0 Å². The molecule has 0 amide bonds. The minimum absolute atomic E-state index is 0.366. The van der Waals surface area contributed by atoms with E-state index in [4.69, 9.17) is 4.74 Å². The molecule has 1 aromatic heterocycles. The van der Waals surface area contributed by atoms with Crippen molar-refractivity contribution in [3.05, 3.63) is 11.1 Å². The molecule has 0 aliphatic carbocycles. The first-order valence-electron chi connectivity index (χ1n) is 6.35. The van der Waals surface area contributed by atoms with Crippen LogP contribution in [0.5, 0.6) is 0 Å². The molecule has 4 nitrogen and oxygen atoms in total. The highest BCUT2D eigenvalue weighted by Gasteiger charge is 2.21. The molecule has 1 atom stereocenters. The van der Waals surface area contributed by atoms with Gasteiger partial charge in [0.05, 0.1) is 12.7 Å². The van der Waals surface area contributed by atoms with Crippen LogP contribution in [0.3, 0.4) is 0 Å². The molecule has 1 N–H and O–H groups in total. The van der Waals surface area contributed by atoms with E-state index >= 15 is 0 Å². The number of nitrogens with zero attached hydrogens (tertiary/aromatic N) is 2. The number of hydrogen-bond donors (Lipinski definition) is 1. The van der Waals surface area contributed by atoms with E-state index in [1.807, 2.05) is 6.20 Å². The highest BCUT2D eigenvalue weighted by molar-refractivity contribution is 7.15. The summed E-state index contributed by atoms with van der Waals surface area (Å²) in [6, 6.07) is 0. The molecule has 2 heterocycles. The summed E-state index contributed by atoms with van der Waals surface area (Å²) in [5.41, 5.74) is 0. The van der Waals surface area contributed by atoms with Crippen molar-refractivity contribution in [2.75, 3.05) is 31.1 Å². The molecule has 0 bridgehead atoms. The van der Waals surface area contributed by atoms with Gasteiger partial charge in [0.15, 0.2) is 5.13 Å². The quantitative estimate of drug-likeness (QED) is 0.871. The minimum atomic E-state index is 0.366. The Morgan fingerprint density at radius 1 is 1.59 bits per heavy atom. The lowest BCUT2D eigenvalue weighted by Crippen LogP contribution is -2.42. The molecule has 1 aliphatic rings. The van der Waals surface area contributed by atoms with Gasteiger partial charge in [-0.25, -0.2) is 4.98 Å². The lowest BCUT2D eigenvalue weighted by molar-refractivity contribution is 0.0384. The molecule has 1 aliphatic heterocycles. The SMILES string of the molecule is CCNCc1cnc(N2CCOC(CC)C2)s1. The first kappa shape index (κ1) is 12.8. The van der Waals surface area contributed by atoms with Gasteiger partial charge in [-0.15, -0.1) is 11.3 Å². The van der Waals surface area contributed by atoms with Crippen LogP contribution in [-0.2, 0) is 11.3 Å². The van der Waals surface area contributed by atoms with Gasteiger partial charge >= 0.3 is 0 Å². The number of thiazole rings is 1. The molecular formula is C12H21N3OS. The summed E-state index contributed by atoms with van der Waals surface area (Å²) in [6.45, 7) is 8.98. The van der Waals surface area contributed by atoms with Gasteiger partial charge in [0.1, 0.15) is 0 Å². The maximum Gasteiger partial charge on any atom is 0.185 e. The van der Waals surface area contributed by atoms with Crippen LogP contribution in [0.2, 0.25) is 0 Å². The number of anilines is 1. The summed E-state index contributed by atoms with van der Waals surface area (Å²) in [5.74, 6) is 0. The molecule has 1 saturated heterocycles. The second-order valence-electron chi connectivity index (χ2n) is 4.24. The van der Waals surface area contributed by atoms with Crippen LogP contribution in [0.25, 0.3) is 0 Å². The number of hydrogen-bond acceptors (Lipinski definition) is 5. The van der Waals surface area contributed by atoms with Gasteiger partial charge in [0.25, 0.3) is 0 Å². The molecule has 96 valence electrons. The predicted molar refractivity (Wildman–Crippen MR) is 71.7 cm³/mol. The zero-order chi connectivity index (χ0) is 12.1. The summed E-state index contributed by atoms with van der Waals surface area (Å²) >= 11 is 1.79. The lowest BCUT2D eigenvalue weighted by atomic mass is 10.2. The fourth-order valence-corrected chi connectivity index (χ4v) is 2.83. The van der Waals surface area contributed by atoms with E-state index in [9.17, 15) is 0 Å². The van der Waals surface area contributed by atoms with Crippen molar-refractivity contribution >= 4 is 16.5 Å². The van der Waals surface area contributed by atoms with E-state index in [-0.39, 0.29) is 0 Å². The van der Waals surface area contributed by atoms with E-state index in [0.29, 0.717) is 6.10 Å². The first-order chi connectivity index (χ1) is 8.33. The Kier molecular flexibility index (Phi) is 4.76. The van der Waals surface area contributed by atoms with E-state index in [1.54, 1.807) is 11.3 Å². The maximum absolute atomic E-state index is 5.67. The smallest absolute Gasteiger partial charge is 0.185 e. The Labute approximate surface area is 107 Å². The van der Waals surface area contributed by atoms with Crippen molar-refractivity contribution < 1.29 is 4.74 Å². The number of rotatable bonds is 5. The second-order valence-corrected chi connectivity index (χ2v) is 5.33. The Bertz CT molecular complexity index is 342. The zero-order valence-corrected chi connectivity index (χ0v) is 11.4. The van der Waals surface area contributed by atoms with Crippen LogP contribution < -0.4 is 10.2 Å². The standard InChI is InChI=1S/C12H21N3OS/c1-3-10-9-15(5-6-16-10)12-14-8-11(17-12)7-13-4-2/h8,10,13H,3-7,9H2,1-2H3. The van der Waals surface area contributed by atoms with Crippen molar-refractivity contribution in [3.63, 3.8) is 0 Å². The maximum atomic E-state index is 5.67. The molecule has 0 saturated carbocycles. The fourth-order valence-electron chi connectivity index (χ4n) is 1.91. The third kappa shape index (κ3) is 3.40. The van der Waals surface area contributed by atoms with Crippen LogP contribution >= 0.6 is 11.3 Å². The number of aromatic nitrogens is 1. The number of nitrogens with one attached hydrogen (secondary N) is 1. The summed E-state index contributed by atoms with van der Waals surface area (Å²) in [4.78, 5) is 8.16. The molecular weight excluding hydrogens is 234 g/mol. The molecule has 0 aromatic carbocycles. The Balaban J connectivity index is 1.94. The predicted octanol–water partition coefficient (Wildman–Crippen LogP) is 1.87. The zero-order valence-electron chi connectivity index (χ0n) is 10.6. The summed E-state index contributed by atoms with van der Waals surface area (Å²) in [6.07, 6.45) is 3.43. The van der Waals surface area contributed by atoms with Crippen molar-refractivity contribution in [2.45, 2.75) is 32.9 Å². The van der Waals surface area contributed by atoms with Gasteiger partial charge in [0.2, 0.25) is 0 Å². The van der Waals surface area contributed by atoms with Crippen molar-refractivity contribution in [3.8, 4) is 0 Å². The average Bonchev–Trinajstić information content (AvgIpc) is 2.85.